The highest BCUT2D eigenvalue weighted by Gasteiger charge is 2.40. The van der Waals surface area contributed by atoms with Crippen molar-refractivity contribution in [2.75, 3.05) is 21.3 Å². The number of carbonyl (C=O) groups excluding carboxylic acids is 2. The van der Waals surface area contributed by atoms with E-state index in [2.05, 4.69) is 0 Å². The zero-order valence-electron chi connectivity index (χ0n) is 21.4. The summed E-state index contributed by atoms with van der Waals surface area (Å²) in [5.41, 5.74) is 3.64. The number of aromatic nitrogens is 1. The van der Waals surface area contributed by atoms with Gasteiger partial charge in [-0.25, -0.2) is 0 Å². The Morgan fingerprint density at radius 1 is 0.921 bits per heavy atom. The van der Waals surface area contributed by atoms with Crippen LogP contribution in [0, 0.1) is 0 Å². The molecule has 6 rings (SSSR count). The molecule has 0 saturated carbocycles. The zero-order chi connectivity index (χ0) is 26.6. The van der Waals surface area contributed by atoms with E-state index in [9.17, 15) is 9.59 Å². The Kier molecular flexibility index (Phi) is 5.60. The summed E-state index contributed by atoms with van der Waals surface area (Å²) >= 11 is 0. The number of para-hydroxylation sites is 1. The van der Waals surface area contributed by atoms with Crippen LogP contribution in [0.5, 0.6) is 28.7 Å². The summed E-state index contributed by atoms with van der Waals surface area (Å²) in [7, 11) is 6.59. The van der Waals surface area contributed by atoms with Crippen LogP contribution in [0.4, 0.5) is 0 Å². The van der Waals surface area contributed by atoms with Crippen molar-refractivity contribution in [3.8, 4) is 28.7 Å². The van der Waals surface area contributed by atoms with E-state index in [0.29, 0.717) is 45.4 Å². The molecule has 3 aromatic carbocycles. The molecule has 0 spiro atoms. The summed E-state index contributed by atoms with van der Waals surface area (Å²) in [6.45, 7) is 0. The van der Waals surface area contributed by atoms with Gasteiger partial charge in [-0.05, 0) is 30.3 Å². The van der Waals surface area contributed by atoms with Gasteiger partial charge < -0.3 is 28.3 Å². The molecule has 3 heterocycles. The minimum Gasteiger partial charge on any atom is -0.496 e. The fraction of sp³-hybridized carbons (Fsp3) is 0.200. The number of ether oxygens (including phenoxy) is 5. The van der Waals surface area contributed by atoms with E-state index in [0.717, 1.165) is 16.5 Å². The number of ketones is 1. The van der Waals surface area contributed by atoms with Crippen molar-refractivity contribution in [2.24, 2.45) is 7.05 Å². The summed E-state index contributed by atoms with van der Waals surface area (Å²) in [6, 6.07) is 14.8. The van der Waals surface area contributed by atoms with Crippen molar-refractivity contribution < 1.29 is 33.3 Å². The number of Topliss-reactive ketones (excluding diaryl/α,β-unsaturated/α-hetero) is 1. The molecule has 0 amide bonds. The first-order valence-electron chi connectivity index (χ1n) is 12.1. The van der Waals surface area contributed by atoms with Gasteiger partial charge in [-0.3, -0.25) is 9.59 Å². The predicted molar refractivity (Wildman–Crippen MR) is 140 cm³/mol. The van der Waals surface area contributed by atoms with Crippen LogP contribution in [0.1, 0.15) is 39.4 Å². The second kappa shape index (κ2) is 8.99. The van der Waals surface area contributed by atoms with E-state index >= 15 is 0 Å². The summed E-state index contributed by atoms with van der Waals surface area (Å²) in [4.78, 5) is 26.1. The third-order valence-electron chi connectivity index (χ3n) is 7.11. The van der Waals surface area contributed by atoms with Gasteiger partial charge >= 0.3 is 5.97 Å². The average molecular weight is 512 g/mol. The molecule has 2 aliphatic heterocycles. The Balaban J connectivity index is 1.49. The molecule has 2 aliphatic rings. The van der Waals surface area contributed by atoms with Crippen LogP contribution in [0.15, 0.2) is 60.5 Å². The maximum atomic E-state index is 13.5. The number of benzene rings is 3. The number of allylic oxidation sites excluding steroid dienone is 1. The number of carbonyl (C=O) groups is 2. The van der Waals surface area contributed by atoms with Crippen molar-refractivity contribution in [3.05, 3.63) is 82.7 Å². The van der Waals surface area contributed by atoms with E-state index in [1.54, 1.807) is 51.7 Å². The quantitative estimate of drug-likeness (QED) is 0.205. The van der Waals surface area contributed by atoms with E-state index in [1.807, 2.05) is 42.1 Å². The lowest BCUT2D eigenvalue weighted by Crippen LogP contribution is -2.22. The lowest BCUT2D eigenvalue weighted by Gasteiger charge is -2.28. The molecule has 0 bridgehead atoms. The Morgan fingerprint density at radius 2 is 1.66 bits per heavy atom. The van der Waals surface area contributed by atoms with E-state index < -0.39 is 11.9 Å². The smallest absolute Gasteiger partial charge is 0.312 e. The van der Waals surface area contributed by atoms with Crippen LogP contribution < -0.4 is 23.7 Å². The SMILES string of the molecule is COc1cc(OC)c(C2CC(=O)Oc3ccc4c(c32)O/C(=C\c2cn(C)c3ccccc23)C4=O)cc1OC. The molecule has 0 N–H and O–H groups in total. The standard InChI is InChI=1S/C30H25NO7/c1-31-15-16(17-7-5-6-8-21(17)31)11-26-29(33)18-9-10-22-28(30(18)38-26)20(13-27(32)37-22)19-12-24(35-3)25(36-4)14-23(19)34-2/h5-12,14-15,20H,13H2,1-4H3/b26-11-. The number of nitrogens with zero attached hydrogens (tertiary/aromatic N) is 1. The van der Waals surface area contributed by atoms with Gasteiger partial charge in [0.25, 0.3) is 0 Å². The van der Waals surface area contributed by atoms with Crippen LogP contribution in [-0.2, 0) is 11.8 Å². The number of hydrogen-bond donors (Lipinski definition) is 0. The Bertz CT molecular complexity index is 1660. The van der Waals surface area contributed by atoms with Gasteiger partial charge in [0.15, 0.2) is 17.3 Å². The van der Waals surface area contributed by atoms with Gasteiger partial charge in [-0.1, -0.05) is 18.2 Å². The minimum atomic E-state index is -0.499. The predicted octanol–water partition coefficient (Wildman–Crippen LogP) is 5.26. The number of aryl methyl sites for hydroxylation is 1. The lowest BCUT2D eigenvalue weighted by molar-refractivity contribution is -0.135. The molecule has 0 radical (unpaired) electrons. The molecule has 0 saturated heterocycles. The molecular weight excluding hydrogens is 486 g/mol. The summed E-state index contributed by atoms with van der Waals surface area (Å²) in [6.07, 6.45) is 3.76. The molecule has 38 heavy (non-hydrogen) atoms. The first-order chi connectivity index (χ1) is 18.4. The van der Waals surface area contributed by atoms with Crippen molar-refractivity contribution in [1.29, 1.82) is 0 Å². The van der Waals surface area contributed by atoms with Crippen LogP contribution in [0.25, 0.3) is 17.0 Å². The van der Waals surface area contributed by atoms with Crippen LogP contribution >= 0.6 is 0 Å². The third kappa shape index (κ3) is 3.60. The highest BCUT2D eigenvalue weighted by Crippen LogP contribution is 2.52. The molecule has 1 aromatic heterocycles. The molecule has 8 heteroatoms. The van der Waals surface area contributed by atoms with E-state index in [-0.39, 0.29) is 18.0 Å². The van der Waals surface area contributed by atoms with Gasteiger partial charge in [0, 0.05) is 52.8 Å². The number of esters is 1. The Hall–Kier alpha value is -4.72. The molecule has 1 atom stereocenters. The number of hydrogen-bond acceptors (Lipinski definition) is 7. The first-order valence-corrected chi connectivity index (χ1v) is 12.1. The number of rotatable bonds is 5. The van der Waals surface area contributed by atoms with Crippen LogP contribution in [-0.4, -0.2) is 37.6 Å². The fourth-order valence-corrected chi connectivity index (χ4v) is 5.33. The van der Waals surface area contributed by atoms with E-state index in [1.165, 1.54) is 0 Å². The molecule has 1 unspecified atom stereocenters. The highest BCUT2D eigenvalue weighted by molar-refractivity contribution is 6.15. The maximum Gasteiger partial charge on any atom is 0.312 e. The summed E-state index contributed by atoms with van der Waals surface area (Å²) in [5, 5.41) is 1.01. The highest BCUT2D eigenvalue weighted by atomic mass is 16.5. The summed E-state index contributed by atoms with van der Waals surface area (Å²) < 4.78 is 30.5. The maximum absolute atomic E-state index is 13.5. The number of fused-ring (bicyclic) bond motifs is 4. The van der Waals surface area contributed by atoms with Crippen molar-refractivity contribution in [1.82, 2.24) is 4.57 Å². The molecule has 8 nitrogen and oxygen atoms in total. The Labute approximate surface area is 218 Å². The van der Waals surface area contributed by atoms with Gasteiger partial charge in [-0.15, -0.1) is 0 Å². The lowest BCUT2D eigenvalue weighted by atomic mass is 9.84. The van der Waals surface area contributed by atoms with Crippen molar-refractivity contribution in [3.63, 3.8) is 0 Å². The zero-order valence-corrected chi connectivity index (χ0v) is 21.4. The van der Waals surface area contributed by atoms with Gasteiger partial charge in [0.2, 0.25) is 5.78 Å². The molecule has 0 fully saturated rings. The van der Waals surface area contributed by atoms with Gasteiger partial charge in [0.1, 0.15) is 17.2 Å². The van der Waals surface area contributed by atoms with Gasteiger partial charge in [-0.2, -0.15) is 0 Å². The summed E-state index contributed by atoms with van der Waals surface area (Å²) in [5.74, 6) is 1.32. The van der Waals surface area contributed by atoms with Crippen molar-refractivity contribution in [2.45, 2.75) is 12.3 Å². The minimum absolute atomic E-state index is 0.0369. The second-order valence-electron chi connectivity index (χ2n) is 9.19. The van der Waals surface area contributed by atoms with Crippen LogP contribution in [0.2, 0.25) is 0 Å². The third-order valence-corrected chi connectivity index (χ3v) is 7.11. The number of methoxy groups -OCH3 is 3. The molecule has 0 aliphatic carbocycles. The first kappa shape index (κ1) is 23.7. The normalized spacial score (nSPS) is 17.2. The second-order valence-corrected chi connectivity index (χ2v) is 9.19. The molecule has 4 aromatic rings. The molecular formula is C30H25NO7. The Morgan fingerprint density at radius 3 is 2.42 bits per heavy atom. The van der Waals surface area contributed by atoms with Gasteiger partial charge in [0.05, 0.1) is 33.3 Å². The van der Waals surface area contributed by atoms with Crippen LogP contribution in [0.3, 0.4) is 0 Å². The molecule has 192 valence electrons. The topological polar surface area (TPSA) is 85.2 Å². The van der Waals surface area contributed by atoms with Crippen molar-refractivity contribution >= 4 is 28.7 Å². The monoisotopic (exact) mass is 511 g/mol. The fourth-order valence-electron chi connectivity index (χ4n) is 5.33. The average Bonchev–Trinajstić information content (AvgIpc) is 3.43. The van der Waals surface area contributed by atoms with E-state index in [4.69, 9.17) is 23.7 Å². The largest absolute Gasteiger partial charge is 0.496 e.